The minimum atomic E-state index is -3.52. The highest BCUT2D eigenvalue weighted by Crippen LogP contribution is 2.32. The van der Waals surface area contributed by atoms with Crippen molar-refractivity contribution in [1.29, 1.82) is 0 Å². The molecule has 0 radical (unpaired) electrons. The summed E-state index contributed by atoms with van der Waals surface area (Å²) in [5.74, 6) is 0. The van der Waals surface area contributed by atoms with Gasteiger partial charge in [-0.15, -0.1) is 0 Å². The number of nitro benzene ring substituents is 1. The highest BCUT2D eigenvalue weighted by molar-refractivity contribution is 7.90. The van der Waals surface area contributed by atoms with E-state index in [2.05, 4.69) is 0 Å². The Morgan fingerprint density at radius 2 is 2.24 bits per heavy atom. The Labute approximate surface area is 122 Å². The fraction of sp³-hybridized carbons (Fsp3) is 0.500. The molecule has 0 saturated carbocycles. The summed E-state index contributed by atoms with van der Waals surface area (Å²) in [6.45, 7) is 0.845. The van der Waals surface area contributed by atoms with Crippen LogP contribution in [0.5, 0.6) is 0 Å². The molecule has 1 atom stereocenters. The van der Waals surface area contributed by atoms with Crippen molar-refractivity contribution < 1.29 is 23.2 Å². The van der Waals surface area contributed by atoms with Crippen LogP contribution in [0.1, 0.15) is 0 Å². The normalized spacial score (nSPS) is 19.5. The summed E-state index contributed by atoms with van der Waals surface area (Å²) >= 11 is 0. The van der Waals surface area contributed by atoms with E-state index in [0.717, 1.165) is 12.3 Å². The van der Waals surface area contributed by atoms with Gasteiger partial charge < -0.3 is 14.7 Å². The van der Waals surface area contributed by atoms with Gasteiger partial charge >= 0.3 is 0 Å². The average Bonchev–Trinajstić information content (AvgIpc) is 2.45. The maximum absolute atomic E-state index is 11.5. The fourth-order valence-corrected chi connectivity index (χ4v) is 2.89. The second-order valence-corrected chi connectivity index (χ2v) is 6.80. The molecule has 2 rings (SSSR count). The van der Waals surface area contributed by atoms with Crippen molar-refractivity contribution >= 4 is 21.2 Å². The summed E-state index contributed by atoms with van der Waals surface area (Å²) in [7, 11) is -3.52. The van der Waals surface area contributed by atoms with Crippen molar-refractivity contribution in [2.24, 2.45) is 0 Å². The van der Waals surface area contributed by atoms with Gasteiger partial charge in [0.1, 0.15) is 5.69 Å². The molecule has 21 heavy (non-hydrogen) atoms. The Balaban J connectivity index is 2.50. The standard InChI is InChI=1S/C12H16N2O6S/c1-21(18,19)10-2-3-11(12(6-10)14(16)17)13-4-5-20-8-9(13)7-15/h2-3,6,9,15H,4-5,7-8H2,1H3. The third-order valence-corrected chi connectivity index (χ3v) is 4.43. The van der Waals surface area contributed by atoms with E-state index in [1.165, 1.54) is 12.1 Å². The summed E-state index contributed by atoms with van der Waals surface area (Å²) in [5, 5.41) is 20.6. The quantitative estimate of drug-likeness (QED) is 0.624. The molecule has 1 N–H and O–H groups in total. The number of sulfone groups is 1. The van der Waals surface area contributed by atoms with Crippen LogP contribution in [-0.2, 0) is 14.6 Å². The molecular weight excluding hydrogens is 300 g/mol. The Hall–Kier alpha value is -1.71. The number of ether oxygens (including phenoxy) is 1. The number of morpholine rings is 1. The van der Waals surface area contributed by atoms with Crippen LogP contribution in [0, 0.1) is 10.1 Å². The van der Waals surface area contributed by atoms with Gasteiger partial charge in [-0.3, -0.25) is 10.1 Å². The van der Waals surface area contributed by atoms with Gasteiger partial charge in [0.2, 0.25) is 0 Å². The molecule has 1 heterocycles. The zero-order chi connectivity index (χ0) is 15.6. The molecule has 0 aromatic heterocycles. The van der Waals surface area contributed by atoms with Crippen molar-refractivity contribution in [2.75, 3.05) is 37.5 Å². The molecule has 1 fully saturated rings. The molecule has 0 aliphatic carbocycles. The molecule has 1 saturated heterocycles. The number of aliphatic hydroxyl groups excluding tert-OH is 1. The first-order valence-corrected chi connectivity index (χ1v) is 8.17. The van der Waals surface area contributed by atoms with Crippen LogP contribution in [-0.4, -0.2) is 57.1 Å². The van der Waals surface area contributed by atoms with Crippen LogP contribution in [0.25, 0.3) is 0 Å². The van der Waals surface area contributed by atoms with Gasteiger partial charge in [-0.1, -0.05) is 0 Å². The monoisotopic (exact) mass is 316 g/mol. The van der Waals surface area contributed by atoms with E-state index >= 15 is 0 Å². The van der Waals surface area contributed by atoms with E-state index in [4.69, 9.17) is 4.74 Å². The summed E-state index contributed by atoms with van der Waals surface area (Å²) < 4.78 is 28.3. The molecule has 9 heteroatoms. The van der Waals surface area contributed by atoms with Crippen molar-refractivity contribution in [3.05, 3.63) is 28.3 Å². The maximum atomic E-state index is 11.5. The second-order valence-electron chi connectivity index (χ2n) is 4.78. The van der Waals surface area contributed by atoms with E-state index in [1.807, 2.05) is 0 Å². The lowest BCUT2D eigenvalue weighted by atomic mass is 10.1. The number of nitro groups is 1. The lowest BCUT2D eigenvalue weighted by molar-refractivity contribution is -0.384. The first kappa shape index (κ1) is 15.7. The smallest absolute Gasteiger partial charge is 0.293 e. The summed E-state index contributed by atoms with van der Waals surface area (Å²) in [6.07, 6.45) is 0.997. The second kappa shape index (κ2) is 5.96. The number of benzene rings is 1. The third kappa shape index (κ3) is 3.31. The van der Waals surface area contributed by atoms with E-state index < -0.39 is 14.8 Å². The number of rotatable bonds is 4. The van der Waals surface area contributed by atoms with Gasteiger partial charge in [-0.05, 0) is 12.1 Å². The molecule has 1 aromatic rings. The van der Waals surface area contributed by atoms with Gasteiger partial charge in [0, 0.05) is 18.9 Å². The van der Waals surface area contributed by atoms with Crippen LogP contribution in [0.4, 0.5) is 11.4 Å². The van der Waals surface area contributed by atoms with E-state index in [-0.39, 0.29) is 35.5 Å². The van der Waals surface area contributed by atoms with Crippen LogP contribution in [0.3, 0.4) is 0 Å². The highest BCUT2D eigenvalue weighted by atomic mass is 32.2. The molecular formula is C12H16N2O6S. The Bertz CT molecular complexity index is 645. The van der Waals surface area contributed by atoms with Gasteiger partial charge in [-0.25, -0.2) is 8.42 Å². The topological polar surface area (TPSA) is 110 Å². The van der Waals surface area contributed by atoms with Crippen LogP contribution >= 0.6 is 0 Å². The molecule has 116 valence electrons. The largest absolute Gasteiger partial charge is 0.394 e. The van der Waals surface area contributed by atoms with Crippen LogP contribution in [0.15, 0.2) is 23.1 Å². The SMILES string of the molecule is CS(=O)(=O)c1ccc(N2CCOCC2CO)c([N+](=O)[O-])c1. The predicted molar refractivity (Wildman–Crippen MR) is 75.2 cm³/mol. The van der Waals surface area contributed by atoms with E-state index in [9.17, 15) is 23.6 Å². The number of anilines is 1. The molecule has 8 nitrogen and oxygen atoms in total. The number of hydrogen-bond donors (Lipinski definition) is 1. The number of aliphatic hydroxyl groups is 1. The molecule has 1 unspecified atom stereocenters. The fourth-order valence-electron chi connectivity index (χ4n) is 2.25. The zero-order valence-electron chi connectivity index (χ0n) is 11.4. The van der Waals surface area contributed by atoms with Crippen molar-refractivity contribution in [3.63, 3.8) is 0 Å². The van der Waals surface area contributed by atoms with Gasteiger partial charge in [0.15, 0.2) is 9.84 Å². The lowest BCUT2D eigenvalue weighted by Crippen LogP contribution is -2.47. The Morgan fingerprint density at radius 3 is 2.81 bits per heavy atom. The maximum Gasteiger partial charge on any atom is 0.293 e. The molecule has 1 aliphatic heterocycles. The molecule has 0 spiro atoms. The third-order valence-electron chi connectivity index (χ3n) is 3.32. The molecule has 1 aliphatic rings. The van der Waals surface area contributed by atoms with Crippen LogP contribution < -0.4 is 4.90 Å². The summed E-state index contributed by atoms with van der Waals surface area (Å²) in [6, 6.07) is 3.40. The molecule has 0 bridgehead atoms. The summed E-state index contributed by atoms with van der Waals surface area (Å²) in [5.41, 5.74) is -0.00646. The number of nitrogens with zero attached hydrogens (tertiary/aromatic N) is 2. The Kier molecular flexibility index (Phi) is 4.45. The van der Waals surface area contributed by atoms with Crippen molar-refractivity contribution in [3.8, 4) is 0 Å². The first-order chi connectivity index (χ1) is 9.84. The van der Waals surface area contributed by atoms with Crippen LogP contribution in [0.2, 0.25) is 0 Å². The van der Waals surface area contributed by atoms with E-state index in [0.29, 0.717) is 13.2 Å². The molecule has 1 aromatic carbocycles. The summed E-state index contributed by atoms with van der Waals surface area (Å²) in [4.78, 5) is 12.2. The van der Waals surface area contributed by atoms with Crippen molar-refractivity contribution in [2.45, 2.75) is 10.9 Å². The van der Waals surface area contributed by atoms with Gasteiger partial charge in [0.05, 0.1) is 35.7 Å². The molecule has 0 amide bonds. The van der Waals surface area contributed by atoms with Gasteiger partial charge in [-0.2, -0.15) is 0 Å². The van der Waals surface area contributed by atoms with E-state index in [1.54, 1.807) is 4.90 Å². The zero-order valence-corrected chi connectivity index (χ0v) is 12.2. The highest BCUT2D eigenvalue weighted by Gasteiger charge is 2.29. The van der Waals surface area contributed by atoms with Crippen molar-refractivity contribution in [1.82, 2.24) is 0 Å². The average molecular weight is 316 g/mol. The van der Waals surface area contributed by atoms with Gasteiger partial charge in [0.25, 0.3) is 5.69 Å². The predicted octanol–water partition coefficient (Wildman–Crippen LogP) is 0.196. The minimum Gasteiger partial charge on any atom is -0.394 e. The Morgan fingerprint density at radius 1 is 1.52 bits per heavy atom. The lowest BCUT2D eigenvalue weighted by Gasteiger charge is -2.35. The number of hydrogen-bond acceptors (Lipinski definition) is 7. The minimum absolute atomic E-state index is 0.105. The first-order valence-electron chi connectivity index (χ1n) is 6.28.